The molecule has 122 valence electrons. The van der Waals surface area contributed by atoms with Crippen molar-refractivity contribution in [2.75, 3.05) is 16.4 Å². The van der Waals surface area contributed by atoms with Gasteiger partial charge < -0.3 is 16.4 Å². The second kappa shape index (κ2) is 6.95. The lowest BCUT2D eigenvalue weighted by molar-refractivity contribution is 1.17. The van der Waals surface area contributed by atoms with E-state index in [-0.39, 0.29) is 0 Å². The Morgan fingerprint density at radius 3 is 2.29 bits per heavy atom. The minimum atomic E-state index is 0.383. The van der Waals surface area contributed by atoms with Crippen LogP contribution < -0.4 is 16.4 Å². The average molecular weight is 360 g/mol. The molecule has 3 rings (SSSR count). The molecule has 2 aromatic carbocycles. The third-order valence-electron chi connectivity index (χ3n) is 3.38. The molecule has 0 unspecified atom stereocenters. The van der Waals surface area contributed by atoms with Crippen LogP contribution in [0.15, 0.2) is 48.8 Å². The largest absolute Gasteiger partial charge is 0.393 e. The maximum Gasteiger partial charge on any atom is 0.159 e. The number of aryl methyl sites for hydroxylation is 1. The molecule has 7 heteroatoms. The second-order valence-electron chi connectivity index (χ2n) is 5.22. The van der Waals surface area contributed by atoms with Gasteiger partial charge in [-0.05, 0) is 37.3 Å². The Morgan fingerprint density at radius 2 is 1.58 bits per heavy atom. The van der Waals surface area contributed by atoms with E-state index in [9.17, 15) is 0 Å². The van der Waals surface area contributed by atoms with Crippen molar-refractivity contribution in [1.29, 1.82) is 0 Å². The number of rotatable bonds is 4. The normalized spacial score (nSPS) is 10.5. The highest BCUT2D eigenvalue weighted by molar-refractivity contribution is 6.35. The molecule has 0 aliphatic carbocycles. The van der Waals surface area contributed by atoms with Crippen LogP contribution in [0.2, 0.25) is 10.0 Å². The Kier molecular flexibility index (Phi) is 4.74. The van der Waals surface area contributed by atoms with E-state index in [0.29, 0.717) is 33.1 Å². The van der Waals surface area contributed by atoms with Gasteiger partial charge in [0.05, 0.1) is 10.7 Å². The van der Waals surface area contributed by atoms with Crippen molar-refractivity contribution in [2.45, 2.75) is 6.92 Å². The van der Waals surface area contributed by atoms with Crippen molar-refractivity contribution < 1.29 is 0 Å². The van der Waals surface area contributed by atoms with Crippen molar-refractivity contribution in [3.05, 3.63) is 64.4 Å². The Hall–Kier alpha value is -2.50. The van der Waals surface area contributed by atoms with Crippen LogP contribution in [0.3, 0.4) is 0 Å². The van der Waals surface area contributed by atoms with Crippen LogP contribution in [-0.4, -0.2) is 9.97 Å². The summed E-state index contributed by atoms with van der Waals surface area (Å²) in [6.45, 7) is 2.03. The van der Waals surface area contributed by atoms with E-state index >= 15 is 0 Å². The van der Waals surface area contributed by atoms with Gasteiger partial charge in [0.15, 0.2) is 11.6 Å². The minimum Gasteiger partial charge on any atom is -0.393 e. The minimum absolute atomic E-state index is 0.383. The number of nitrogens with zero attached hydrogens (tertiary/aromatic N) is 2. The lowest BCUT2D eigenvalue weighted by Gasteiger charge is -2.13. The van der Waals surface area contributed by atoms with Crippen molar-refractivity contribution in [1.82, 2.24) is 9.97 Å². The first-order valence-corrected chi connectivity index (χ1v) is 7.95. The van der Waals surface area contributed by atoms with Crippen LogP contribution in [0.5, 0.6) is 0 Å². The summed E-state index contributed by atoms with van der Waals surface area (Å²) >= 11 is 12.2. The van der Waals surface area contributed by atoms with Gasteiger partial charge in [0.25, 0.3) is 0 Å². The van der Waals surface area contributed by atoms with Gasteiger partial charge >= 0.3 is 0 Å². The zero-order chi connectivity index (χ0) is 17.1. The number of hydrogen-bond acceptors (Lipinski definition) is 5. The van der Waals surface area contributed by atoms with Crippen molar-refractivity contribution in [2.24, 2.45) is 0 Å². The fraction of sp³-hybridized carbons (Fsp3) is 0.0588. The third kappa shape index (κ3) is 3.69. The van der Waals surface area contributed by atoms with E-state index < -0.39 is 0 Å². The van der Waals surface area contributed by atoms with Crippen LogP contribution in [0.25, 0.3) is 0 Å². The second-order valence-corrected chi connectivity index (χ2v) is 6.07. The topological polar surface area (TPSA) is 75.9 Å². The van der Waals surface area contributed by atoms with Gasteiger partial charge in [-0.1, -0.05) is 40.9 Å². The molecule has 0 aliphatic heterocycles. The molecular formula is C17H15Cl2N5. The Labute approximate surface area is 149 Å². The predicted molar refractivity (Wildman–Crippen MR) is 101 cm³/mol. The van der Waals surface area contributed by atoms with E-state index in [1.54, 1.807) is 18.2 Å². The molecule has 0 atom stereocenters. The maximum absolute atomic E-state index is 6.17. The zero-order valence-electron chi connectivity index (χ0n) is 12.8. The molecule has 0 radical (unpaired) electrons. The van der Waals surface area contributed by atoms with Crippen LogP contribution in [-0.2, 0) is 0 Å². The van der Waals surface area contributed by atoms with Gasteiger partial charge in [0.2, 0.25) is 0 Å². The monoisotopic (exact) mass is 359 g/mol. The molecule has 0 amide bonds. The van der Waals surface area contributed by atoms with Crippen molar-refractivity contribution in [3.63, 3.8) is 0 Å². The zero-order valence-corrected chi connectivity index (χ0v) is 14.4. The van der Waals surface area contributed by atoms with Crippen LogP contribution >= 0.6 is 23.2 Å². The van der Waals surface area contributed by atoms with Gasteiger partial charge in [-0.3, -0.25) is 0 Å². The summed E-state index contributed by atoms with van der Waals surface area (Å²) in [6.07, 6.45) is 1.42. The molecule has 1 aromatic heterocycles. The molecule has 24 heavy (non-hydrogen) atoms. The van der Waals surface area contributed by atoms with Gasteiger partial charge in [0.1, 0.15) is 12.0 Å². The number of anilines is 5. The van der Waals surface area contributed by atoms with Gasteiger partial charge in [0, 0.05) is 10.7 Å². The Bertz CT molecular complexity index is 865. The van der Waals surface area contributed by atoms with E-state index in [1.165, 1.54) is 11.9 Å². The highest BCUT2D eigenvalue weighted by atomic mass is 35.5. The lowest BCUT2D eigenvalue weighted by Crippen LogP contribution is -2.05. The first kappa shape index (κ1) is 16.4. The summed E-state index contributed by atoms with van der Waals surface area (Å²) in [5.74, 6) is 0.957. The summed E-state index contributed by atoms with van der Waals surface area (Å²) in [4.78, 5) is 8.36. The summed E-state index contributed by atoms with van der Waals surface area (Å²) in [5, 5.41) is 7.34. The van der Waals surface area contributed by atoms with Gasteiger partial charge in [-0.25, -0.2) is 9.97 Å². The maximum atomic E-state index is 6.17. The van der Waals surface area contributed by atoms with Gasteiger partial charge in [-0.15, -0.1) is 0 Å². The highest BCUT2D eigenvalue weighted by Gasteiger charge is 2.10. The number of nitrogen functional groups attached to an aromatic ring is 1. The van der Waals surface area contributed by atoms with Crippen LogP contribution in [0.4, 0.5) is 28.7 Å². The van der Waals surface area contributed by atoms with Crippen LogP contribution in [0.1, 0.15) is 5.56 Å². The van der Waals surface area contributed by atoms with Crippen molar-refractivity contribution >= 4 is 51.9 Å². The summed E-state index contributed by atoms with van der Waals surface area (Å²) in [6, 6.07) is 13.0. The number of halogens is 2. The van der Waals surface area contributed by atoms with E-state index in [1.807, 2.05) is 31.2 Å². The number of aromatic nitrogens is 2. The predicted octanol–water partition coefficient (Wildman–Crippen LogP) is 5.16. The first-order valence-electron chi connectivity index (χ1n) is 7.19. The lowest BCUT2D eigenvalue weighted by atomic mass is 10.2. The molecule has 0 saturated heterocycles. The molecule has 0 spiro atoms. The summed E-state index contributed by atoms with van der Waals surface area (Å²) in [5.41, 5.74) is 9.24. The molecule has 0 fully saturated rings. The molecule has 0 bridgehead atoms. The average Bonchev–Trinajstić information content (AvgIpc) is 2.56. The standard InChI is InChI=1S/C17H15Cl2N5/c1-10-2-5-12(6-3-10)23-16-15(20)17(22-9-21-16)24-14-8-11(18)4-7-13(14)19/h2-9H,20H2,1H3,(H2,21,22,23,24). The van der Waals surface area contributed by atoms with Crippen molar-refractivity contribution in [3.8, 4) is 0 Å². The number of nitrogens with one attached hydrogen (secondary N) is 2. The molecule has 0 saturated carbocycles. The Morgan fingerprint density at radius 1 is 0.917 bits per heavy atom. The van der Waals surface area contributed by atoms with E-state index in [4.69, 9.17) is 28.9 Å². The molecule has 1 heterocycles. The smallest absolute Gasteiger partial charge is 0.159 e. The third-order valence-corrected chi connectivity index (χ3v) is 3.94. The molecule has 3 aromatic rings. The fourth-order valence-corrected chi connectivity index (χ4v) is 2.43. The fourth-order valence-electron chi connectivity index (χ4n) is 2.09. The summed E-state index contributed by atoms with van der Waals surface area (Å²) in [7, 11) is 0. The quantitative estimate of drug-likeness (QED) is 0.599. The number of benzene rings is 2. The number of nitrogens with two attached hydrogens (primary N) is 1. The molecule has 0 aliphatic rings. The highest BCUT2D eigenvalue weighted by Crippen LogP contribution is 2.32. The first-order chi connectivity index (χ1) is 11.5. The van der Waals surface area contributed by atoms with E-state index in [2.05, 4.69) is 20.6 Å². The molecule has 5 nitrogen and oxygen atoms in total. The molecular weight excluding hydrogens is 345 g/mol. The SMILES string of the molecule is Cc1ccc(Nc2ncnc(Nc3cc(Cl)ccc3Cl)c2N)cc1. The molecule has 4 N–H and O–H groups in total. The van der Waals surface area contributed by atoms with E-state index in [0.717, 1.165) is 5.69 Å². The van der Waals surface area contributed by atoms with Gasteiger partial charge in [-0.2, -0.15) is 0 Å². The van der Waals surface area contributed by atoms with Crippen LogP contribution in [0, 0.1) is 6.92 Å². The summed E-state index contributed by atoms with van der Waals surface area (Å²) < 4.78 is 0. The Balaban J connectivity index is 1.88. The number of hydrogen-bond donors (Lipinski definition) is 3.